The first-order valence-electron chi connectivity index (χ1n) is 11.6. The Balaban J connectivity index is 1.35. The summed E-state index contributed by atoms with van der Waals surface area (Å²) in [7, 11) is 1.75. The molecule has 11 heteroatoms. The molecular weight excluding hydrogens is 461 g/mol. The molecule has 3 heterocycles. The molecule has 36 heavy (non-hydrogen) atoms. The van der Waals surface area contributed by atoms with Gasteiger partial charge in [0.15, 0.2) is 11.6 Å². The molecule has 0 saturated heterocycles. The molecule has 0 spiro atoms. The Morgan fingerprint density at radius 3 is 2.67 bits per heavy atom. The zero-order valence-electron chi connectivity index (χ0n) is 20.0. The number of hydrogen-bond donors (Lipinski definition) is 3. The second kappa shape index (κ2) is 9.33. The lowest BCUT2D eigenvalue weighted by Gasteiger charge is -2.21. The maximum atomic E-state index is 15.1. The van der Waals surface area contributed by atoms with Crippen LogP contribution in [0.1, 0.15) is 43.0 Å². The fourth-order valence-electron chi connectivity index (χ4n) is 4.58. The van der Waals surface area contributed by atoms with E-state index in [1.54, 1.807) is 38.4 Å². The maximum absolute atomic E-state index is 15.1. The molecule has 5 rings (SSSR count). The van der Waals surface area contributed by atoms with E-state index in [0.717, 1.165) is 37.1 Å². The molecular formula is C25H26FN9O. The smallest absolute Gasteiger partial charge is 0.249 e. The van der Waals surface area contributed by atoms with Crippen LogP contribution in [0.5, 0.6) is 0 Å². The van der Waals surface area contributed by atoms with Crippen molar-refractivity contribution in [2.75, 3.05) is 16.8 Å². The molecule has 1 aliphatic rings. The van der Waals surface area contributed by atoms with Crippen LogP contribution in [0.2, 0.25) is 0 Å². The van der Waals surface area contributed by atoms with Crippen LogP contribution < -0.4 is 16.8 Å². The van der Waals surface area contributed by atoms with Gasteiger partial charge in [0.25, 0.3) is 0 Å². The number of carbonyl (C=O) groups is 1. The Hall–Kier alpha value is -4.41. The van der Waals surface area contributed by atoms with Gasteiger partial charge < -0.3 is 16.8 Å². The van der Waals surface area contributed by atoms with Gasteiger partial charge in [0.2, 0.25) is 5.91 Å². The Kier molecular flexibility index (Phi) is 6.05. The predicted octanol–water partition coefficient (Wildman–Crippen LogP) is 3.65. The number of hydrogen-bond acceptors (Lipinski definition) is 8. The van der Waals surface area contributed by atoms with Crippen molar-refractivity contribution in [3.8, 4) is 11.1 Å². The SMILES string of the molecule is Cc1c(N)cncc1-c1cc2cc(NC(=O)C=C3CCC(c4nnn(C)n4)CC3)ncc2c(N)c1F. The van der Waals surface area contributed by atoms with Gasteiger partial charge in [0, 0.05) is 40.9 Å². The number of aryl methyl sites for hydroxylation is 1. The van der Waals surface area contributed by atoms with Crippen molar-refractivity contribution >= 4 is 33.9 Å². The Morgan fingerprint density at radius 2 is 1.94 bits per heavy atom. The van der Waals surface area contributed by atoms with Crippen LogP contribution in [0.15, 0.2) is 42.4 Å². The van der Waals surface area contributed by atoms with E-state index >= 15 is 4.39 Å². The number of halogens is 1. The normalized spacial score (nSPS) is 15.8. The fourth-order valence-corrected chi connectivity index (χ4v) is 4.58. The zero-order valence-corrected chi connectivity index (χ0v) is 20.0. The van der Waals surface area contributed by atoms with E-state index in [-0.39, 0.29) is 23.1 Å². The number of amides is 1. The van der Waals surface area contributed by atoms with Crippen molar-refractivity contribution < 1.29 is 9.18 Å². The van der Waals surface area contributed by atoms with E-state index in [4.69, 9.17) is 11.5 Å². The number of nitrogen functional groups attached to an aromatic ring is 2. The number of benzene rings is 1. The summed E-state index contributed by atoms with van der Waals surface area (Å²) in [5.74, 6) is 0.523. The standard InChI is InChI=1S/C25H26FN9O/c1-13-18(10-29-12-20(13)27)17-8-16-9-21(30-11-19(16)24(28)23(17)26)31-22(36)7-14-3-5-15(6-4-14)25-32-34-35(2)33-25/h7-12,15H,3-6,27-28H2,1-2H3,(H,30,31,36). The zero-order chi connectivity index (χ0) is 25.4. The highest BCUT2D eigenvalue weighted by Gasteiger charge is 2.23. The van der Waals surface area contributed by atoms with E-state index in [1.807, 2.05) is 0 Å². The molecule has 4 aromatic rings. The number of pyridine rings is 2. The molecule has 1 aromatic carbocycles. The van der Waals surface area contributed by atoms with E-state index in [0.29, 0.717) is 33.4 Å². The van der Waals surface area contributed by atoms with Gasteiger partial charge in [-0.2, -0.15) is 4.80 Å². The van der Waals surface area contributed by atoms with Gasteiger partial charge in [-0.3, -0.25) is 9.78 Å². The molecule has 0 bridgehead atoms. The molecule has 0 atom stereocenters. The van der Waals surface area contributed by atoms with Crippen LogP contribution in [0, 0.1) is 12.7 Å². The minimum absolute atomic E-state index is 0.0221. The summed E-state index contributed by atoms with van der Waals surface area (Å²) in [5.41, 5.74) is 15.1. The third-order valence-electron chi connectivity index (χ3n) is 6.65. The molecule has 10 nitrogen and oxygen atoms in total. The summed E-state index contributed by atoms with van der Waals surface area (Å²) in [6, 6.07) is 3.35. The molecule has 5 N–H and O–H groups in total. The lowest BCUT2D eigenvalue weighted by molar-refractivity contribution is -0.112. The molecule has 1 saturated carbocycles. The van der Waals surface area contributed by atoms with E-state index in [9.17, 15) is 4.79 Å². The van der Waals surface area contributed by atoms with Gasteiger partial charge in [0.1, 0.15) is 5.82 Å². The minimum Gasteiger partial charge on any atom is -0.397 e. The van der Waals surface area contributed by atoms with Crippen molar-refractivity contribution in [1.82, 2.24) is 30.2 Å². The first kappa shape index (κ1) is 23.3. The van der Waals surface area contributed by atoms with Gasteiger partial charge in [0.05, 0.1) is 24.6 Å². The third-order valence-corrected chi connectivity index (χ3v) is 6.65. The summed E-state index contributed by atoms with van der Waals surface area (Å²) in [6.07, 6.45) is 9.47. The monoisotopic (exact) mass is 487 g/mol. The summed E-state index contributed by atoms with van der Waals surface area (Å²) < 4.78 is 15.1. The minimum atomic E-state index is -0.561. The van der Waals surface area contributed by atoms with E-state index in [2.05, 4.69) is 30.7 Å². The molecule has 0 aliphatic heterocycles. The molecule has 184 valence electrons. The van der Waals surface area contributed by atoms with Crippen LogP contribution >= 0.6 is 0 Å². The van der Waals surface area contributed by atoms with Crippen molar-refractivity contribution in [3.63, 3.8) is 0 Å². The van der Waals surface area contributed by atoms with Gasteiger partial charge in [-0.1, -0.05) is 5.57 Å². The molecule has 1 aliphatic carbocycles. The number of anilines is 3. The number of nitrogens with zero attached hydrogens (tertiary/aromatic N) is 6. The second-order valence-electron chi connectivity index (χ2n) is 9.05. The average molecular weight is 488 g/mol. The lowest BCUT2D eigenvalue weighted by Crippen LogP contribution is -2.13. The van der Waals surface area contributed by atoms with Crippen molar-refractivity contribution in [2.24, 2.45) is 7.05 Å². The van der Waals surface area contributed by atoms with Crippen molar-refractivity contribution in [3.05, 3.63) is 59.6 Å². The number of carbonyl (C=O) groups excluding carboxylic acids is 1. The summed E-state index contributed by atoms with van der Waals surface area (Å²) in [4.78, 5) is 22.5. The largest absolute Gasteiger partial charge is 0.397 e. The molecule has 0 unspecified atom stereocenters. The van der Waals surface area contributed by atoms with Crippen molar-refractivity contribution in [1.29, 1.82) is 0 Å². The molecule has 1 fully saturated rings. The average Bonchev–Trinajstić information content (AvgIpc) is 3.30. The summed E-state index contributed by atoms with van der Waals surface area (Å²) in [6.45, 7) is 1.80. The first-order chi connectivity index (χ1) is 17.3. The number of nitrogens with one attached hydrogen (secondary N) is 1. The Bertz CT molecular complexity index is 1500. The number of tetrazole rings is 1. The van der Waals surface area contributed by atoms with Crippen LogP contribution in [-0.4, -0.2) is 36.1 Å². The topological polar surface area (TPSA) is 151 Å². The highest BCUT2D eigenvalue weighted by Crippen LogP contribution is 2.36. The van der Waals surface area contributed by atoms with Gasteiger partial charge in [-0.25, -0.2) is 9.37 Å². The first-order valence-corrected chi connectivity index (χ1v) is 11.6. The summed E-state index contributed by atoms with van der Waals surface area (Å²) in [5, 5.41) is 16.2. The Morgan fingerprint density at radius 1 is 1.17 bits per heavy atom. The predicted molar refractivity (Wildman–Crippen MR) is 135 cm³/mol. The quantitative estimate of drug-likeness (QED) is 0.291. The highest BCUT2D eigenvalue weighted by atomic mass is 19.1. The van der Waals surface area contributed by atoms with Crippen molar-refractivity contribution in [2.45, 2.75) is 38.5 Å². The second-order valence-corrected chi connectivity index (χ2v) is 9.05. The van der Waals surface area contributed by atoms with Crippen LogP contribution in [0.3, 0.4) is 0 Å². The van der Waals surface area contributed by atoms with E-state index in [1.165, 1.54) is 17.2 Å². The van der Waals surface area contributed by atoms with Crippen LogP contribution in [-0.2, 0) is 11.8 Å². The molecule has 1 amide bonds. The number of allylic oxidation sites excluding steroid dienone is 1. The Labute approximate surface area is 206 Å². The van der Waals surface area contributed by atoms with Gasteiger partial charge in [-0.05, 0) is 60.9 Å². The number of fused-ring (bicyclic) bond motifs is 1. The van der Waals surface area contributed by atoms with Crippen LogP contribution in [0.25, 0.3) is 21.9 Å². The molecule has 0 radical (unpaired) electrons. The lowest BCUT2D eigenvalue weighted by atomic mass is 9.85. The maximum Gasteiger partial charge on any atom is 0.249 e. The number of rotatable bonds is 4. The van der Waals surface area contributed by atoms with Gasteiger partial charge in [-0.15, -0.1) is 10.2 Å². The summed E-state index contributed by atoms with van der Waals surface area (Å²) >= 11 is 0. The van der Waals surface area contributed by atoms with E-state index < -0.39 is 5.82 Å². The van der Waals surface area contributed by atoms with Crippen LogP contribution in [0.4, 0.5) is 21.6 Å². The fraction of sp³-hybridized carbons (Fsp3) is 0.280. The number of nitrogens with two attached hydrogens (primary N) is 2. The van der Waals surface area contributed by atoms with Gasteiger partial charge >= 0.3 is 0 Å². The highest BCUT2D eigenvalue weighted by molar-refractivity contribution is 6.02. The molecule has 3 aromatic heterocycles. The number of aromatic nitrogens is 6. The third kappa shape index (κ3) is 4.47.